The summed E-state index contributed by atoms with van der Waals surface area (Å²) in [5, 5.41) is 3.79. The van der Waals surface area contributed by atoms with Crippen molar-refractivity contribution in [3.63, 3.8) is 0 Å². The average molecular weight is 308 g/mol. The number of ether oxygens (including phenoxy) is 1. The summed E-state index contributed by atoms with van der Waals surface area (Å²) < 4.78 is 18.2. The van der Waals surface area contributed by atoms with E-state index < -0.39 is 5.97 Å². The second kappa shape index (κ2) is 6.67. The molecule has 0 spiro atoms. The highest BCUT2D eigenvalue weighted by Crippen LogP contribution is 2.26. The van der Waals surface area contributed by atoms with Gasteiger partial charge in [-0.25, -0.2) is 14.2 Å². The molecule has 0 fully saturated rings. The number of thiazole rings is 1. The van der Waals surface area contributed by atoms with Gasteiger partial charge in [0, 0.05) is 4.88 Å². The topological polar surface area (TPSA) is 51.2 Å². The van der Waals surface area contributed by atoms with Crippen molar-refractivity contribution in [2.75, 3.05) is 11.9 Å². The van der Waals surface area contributed by atoms with Gasteiger partial charge in [0.15, 0.2) is 10.8 Å². The van der Waals surface area contributed by atoms with E-state index in [9.17, 15) is 9.18 Å². The van der Waals surface area contributed by atoms with Crippen LogP contribution in [0, 0.1) is 12.7 Å². The number of carbonyl (C=O) groups is 1. The minimum absolute atomic E-state index is 0.110. The first-order valence-corrected chi connectivity index (χ1v) is 7.49. The van der Waals surface area contributed by atoms with Crippen molar-refractivity contribution in [3.8, 4) is 0 Å². The molecule has 0 radical (unpaired) electrons. The first-order chi connectivity index (χ1) is 10.0. The minimum Gasteiger partial charge on any atom is -0.461 e. The molecule has 2 aromatic rings. The van der Waals surface area contributed by atoms with Crippen molar-refractivity contribution < 1.29 is 13.9 Å². The normalized spacial score (nSPS) is 12.0. The third-order valence-corrected chi connectivity index (χ3v) is 3.86. The number of aromatic nitrogens is 1. The van der Waals surface area contributed by atoms with Crippen LogP contribution in [0.2, 0.25) is 0 Å². The highest BCUT2D eigenvalue weighted by atomic mass is 32.1. The zero-order chi connectivity index (χ0) is 15.4. The Morgan fingerprint density at radius 2 is 2.29 bits per heavy atom. The Morgan fingerprint density at radius 1 is 1.52 bits per heavy atom. The number of hydrogen-bond donors (Lipinski definition) is 1. The lowest BCUT2D eigenvalue weighted by molar-refractivity contribution is 0.0519. The summed E-state index contributed by atoms with van der Waals surface area (Å²) in [6, 6.07) is 6.28. The Morgan fingerprint density at radius 3 is 2.95 bits per heavy atom. The molecule has 1 aromatic heterocycles. The summed E-state index contributed by atoms with van der Waals surface area (Å²) in [6.45, 7) is 5.81. The lowest BCUT2D eigenvalue weighted by atomic mass is 10.1. The quantitative estimate of drug-likeness (QED) is 0.850. The fourth-order valence-electron chi connectivity index (χ4n) is 1.89. The summed E-state index contributed by atoms with van der Waals surface area (Å²) >= 11 is 1.38. The van der Waals surface area contributed by atoms with Gasteiger partial charge in [-0.3, -0.25) is 0 Å². The fraction of sp³-hybridized carbons (Fsp3) is 0.333. The predicted molar refractivity (Wildman–Crippen MR) is 81.2 cm³/mol. The summed E-state index contributed by atoms with van der Waals surface area (Å²) in [4.78, 5) is 16.8. The molecule has 1 N–H and O–H groups in total. The smallest absolute Gasteiger partial charge is 0.358 e. The van der Waals surface area contributed by atoms with Gasteiger partial charge in [0.05, 0.1) is 12.6 Å². The van der Waals surface area contributed by atoms with Crippen LogP contribution in [0.5, 0.6) is 0 Å². The van der Waals surface area contributed by atoms with E-state index in [4.69, 9.17) is 4.74 Å². The van der Waals surface area contributed by atoms with Crippen LogP contribution >= 0.6 is 11.3 Å². The molecule has 0 saturated carbocycles. The number of aryl methyl sites for hydroxylation is 1. The van der Waals surface area contributed by atoms with Crippen molar-refractivity contribution in [1.29, 1.82) is 0 Å². The van der Waals surface area contributed by atoms with E-state index in [-0.39, 0.29) is 11.9 Å². The molecule has 6 heteroatoms. The van der Waals surface area contributed by atoms with E-state index in [0.717, 1.165) is 10.4 Å². The number of esters is 1. The Balaban J connectivity index is 2.13. The molecule has 112 valence electrons. The zero-order valence-corrected chi connectivity index (χ0v) is 13.0. The number of rotatable bonds is 5. The van der Waals surface area contributed by atoms with Crippen LogP contribution in [0.15, 0.2) is 24.3 Å². The van der Waals surface area contributed by atoms with E-state index in [1.807, 2.05) is 19.9 Å². The van der Waals surface area contributed by atoms with Crippen LogP contribution in [0.3, 0.4) is 0 Å². The third-order valence-electron chi connectivity index (χ3n) is 2.95. The van der Waals surface area contributed by atoms with E-state index >= 15 is 0 Å². The summed E-state index contributed by atoms with van der Waals surface area (Å²) in [6.07, 6.45) is 0. The Bertz CT molecular complexity index is 642. The van der Waals surface area contributed by atoms with Gasteiger partial charge in [-0.05, 0) is 38.5 Å². The number of hydrogen-bond acceptors (Lipinski definition) is 5. The third kappa shape index (κ3) is 3.78. The Kier molecular flexibility index (Phi) is 4.90. The molecule has 0 bridgehead atoms. The predicted octanol–water partition coefficient (Wildman–Crippen LogP) is 3.94. The van der Waals surface area contributed by atoms with Crippen LogP contribution in [-0.2, 0) is 4.74 Å². The lowest BCUT2D eigenvalue weighted by Crippen LogP contribution is -2.09. The van der Waals surface area contributed by atoms with Crippen molar-refractivity contribution in [1.82, 2.24) is 4.98 Å². The maximum absolute atomic E-state index is 13.2. The van der Waals surface area contributed by atoms with Crippen LogP contribution < -0.4 is 5.32 Å². The molecular weight excluding hydrogens is 291 g/mol. The molecule has 0 aliphatic carbocycles. The van der Waals surface area contributed by atoms with E-state index in [1.165, 1.54) is 23.5 Å². The summed E-state index contributed by atoms with van der Waals surface area (Å²) in [7, 11) is 0. The van der Waals surface area contributed by atoms with Gasteiger partial charge < -0.3 is 10.1 Å². The Hall–Kier alpha value is -1.95. The van der Waals surface area contributed by atoms with Gasteiger partial charge in [-0.2, -0.15) is 0 Å². The largest absolute Gasteiger partial charge is 0.461 e. The van der Waals surface area contributed by atoms with Crippen molar-refractivity contribution >= 4 is 22.4 Å². The molecule has 2 rings (SSSR count). The van der Waals surface area contributed by atoms with E-state index in [1.54, 1.807) is 13.0 Å². The van der Waals surface area contributed by atoms with Crippen LogP contribution in [0.4, 0.5) is 9.52 Å². The zero-order valence-electron chi connectivity index (χ0n) is 12.1. The number of nitrogens with one attached hydrogen (secondary N) is 1. The number of carbonyl (C=O) groups excluding carboxylic acids is 1. The minimum atomic E-state index is -0.419. The lowest BCUT2D eigenvalue weighted by Gasteiger charge is -2.13. The van der Waals surface area contributed by atoms with Gasteiger partial charge in [0.2, 0.25) is 0 Å². The van der Waals surface area contributed by atoms with Gasteiger partial charge in [0.25, 0.3) is 0 Å². The monoisotopic (exact) mass is 308 g/mol. The maximum Gasteiger partial charge on any atom is 0.358 e. The van der Waals surface area contributed by atoms with Gasteiger partial charge in [0.1, 0.15) is 5.82 Å². The molecule has 21 heavy (non-hydrogen) atoms. The van der Waals surface area contributed by atoms with Crippen LogP contribution in [0.1, 0.15) is 40.8 Å². The molecule has 1 heterocycles. The van der Waals surface area contributed by atoms with Crippen molar-refractivity contribution in [2.45, 2.75) is 26.8 Å². The standard InChI is InChI=1S/C15H17FN2O2S/c1-4-20-14(19)13-10(3)21-15(18-13)17-9(2)11-6-5-7-12(16)8-11/h5-9H,4H2,1-3H3,(H,17,18). The second-order valence-electron chi connectivity index (χ2n) is 4.57. The number of halogens is 1. The van der Waals surface area contributed by atoms with Gasteiger partial charge >= 0.3 is 5.97 Å². The van der Waals surface area contributed by atoms with Crippen molar-refractivity contribution in [2.24, 2.45) is 0 Å². The molecule has 1 unspecified atom stereocenters. The highest BCUT2D eigenvalue weighted by Gasteiger charge is 2.17. The SMILES string of the molecule is CCOC(=O)c1nc(NC(C)c2cccc(F)c2)sc1C. The second-order valence-corrected chi connectivity index (χ2v) is 5.77. The number of nitrogens with zero attached hydrogens (tertiary/aromatic N) is 1. The summed E-state index contributed by atoms with van der Waals surface area (Å²) in [5.41, 5.74) is 1.15. The number of anilines is 1. The fourth-order valence-corrected chi connectivity index (χ4v) is 2.78. The molecule has 0 saturated heterocycles. The van der Waals surface area contributed by atoms with Gasteiger partial charge in [-0.15, -0.1) is 11.3 Å². The molecule has 1 aromatic carbocycles. The molecular formula is C15H17FN2O2S. The first-order valence-electron chi connectivity index (χ1n) is 6.67. The molecule has 1 atom stereocenters. The Labute approximate surface area is 127 Å². The van der Waals surface area contributed by atoms with Crippen molar-refractivity contribution in [3.05, 3.63) is 46.2 Å². The van der Waals surface area contributed by atoms with Crippen LogP contribution in [0.25, 0.3) is 0 Å². The molecule has 4 nitrogen and oxygen atoms in total. The summed E-state index contributed by atoms with van der Waals surface area (Å²) in [5.74, 6) is -0.693. The molecule has 0 aliphatic rings. The maximum atomic E-state index is 13.2. The van der Waals surface area contributed by atoms with Gasteiger partial charge in [-0.1, -0.05) is 12.1 Å². The highest BCUT2D eigenvalue weighted by molar-refractivity contribution is 7.15. The molecule has 0 aliphatic heterocycles. The van der Waals surface area contributed by atoms with E-state index in [2.05, 4.69) is 10.3 Å². The molecule has 0 amide bonds. The van der Waals surface area contributed by atoms with E-state index in [0.29, 0.717) is 17.4 Å². The first kappa shape index (κ1) is 15.4. The van der Waals surface area contributed by atoms with Crippen LogP contribution in [-0.4, -0.2) is 17.6 Å². The average Bonchev–Trinajstić information content (AvgIpc) is 2.80. The number of benzene rings is 1.